The average molecular weight is 941 g/mol. The van der Waals surface area contributed by atoms with Crippen molar-refractivity contribution in [3.63, 3.8) is 0 Å². The Morgan fingerprint density at radius 3 is 0.595 bits per heavy atom. The van der Waals surface area contributed by atoms with Crippen LogP contribution in [-0.4, -0.2) is 9.13 Å². The van der Waals surface area contributed by atoms with Gasteiger partial charge in [0, 0.05) is 32.9 Å². The van der Waals surface area contributed by atoms with Crippen LogP contribution in [0.3, 0.4) is 0 Å². The minimum Gasteiger partial charge on any atom is -0.309 e. The topological polar surface area (TPSA) is 9.86 Å². The highest BCUT2D eigenvalue weighted by Crippen LogP contribution is 2.38. The zero-order valence-electron chi connectivity index (χ0n) is 40.6. The Balaban J connectivity index is 0.697. The van der Waals surface area contributed by atoms with Crippen LogP contribution in [0, 0.1) is 0 Å². The molecular formula is C72H48N2. The molecule has 0 atom stereocenters. The third-order valence-corrected chi connectivity index (χ3v) is 15.0. The van der Waals surface area contributed by atoms with E-state index in [-0.39, 0.29) is 0 Å². The summed E-state index contributed by atoms with van der Waals surface area (Å²) in [4.78, 5) is 0. The lowest BCUT2D eigenvalue weighted by atomic mass is 9.92. The second-order valence-electron chi connectivity index (χ2n) is 19.3. The van der Waals surface area contributed by atoms with Gasteiger partial charge < -0.3 is 9.13 Å². The third-order valence-electron chi connectivity index (χ3n) is 15.0. The molecule has 0 saturated carbocycles. The number of hydrogen-bond donors (Lipinski definition) is 0. The van der Waals surface area contributed by atoms with E-state index in [1.165, 1.54) is 122 Å². The first-order valence-electron chi connectivity index (χ1n) is 25.5. The van der Waals surface area contributed by atoms with E-state index in [4.69, 9.17) is 0 Å². The molecule has 14 aromatic rings. The summed E-state index contributed by atoms with van der Waals surface area (Å²) in [7, 11) is 0. The molecule has 0 saturated heterocycles. The molecule has 0 amide bonds. The van der Waals surface area contributed by atoms with Crippen LogP contribution in [0.5, 0.6) is 0 Å². The minimum atomic E-state index is 1.16. The largest absolute Gasteiger partial charge is 0.309 e. The molecule has 0 N–H and O–H groups in total. The second-order valence-corrected chi connectivity index (χ2v) is 19.3. The number of nitrogens with zero attached hydrogens (tertiary/aromatic N) is 2. The van der Waals surface area contributed by atoms with Crippen LogP contribution < -0.4 is 0 Å². The zero-order chi connectivity index (χ0) is 49.0. The Bertz CT molecular complexity index is 3960. The lowest BCUT2D eigenvalue weighted by Gasteiger charge is -2.13. The standard InChI is InChI=1S/C72H48N2/c1-2-12-49(13-3-1)60-46-61(58-34-30-52(31-35-58)50-22-26-54(27-23-50)56-38-42-63(43-39-56)73-69-18-8-4-14-65(69)66-15-5-9-19-70(66)73)48-62(47-60)59-36-32-53(33-37-59)51-24-28-55(29-25-51)57-40-44-64(45-41-57)74-71-20-10-6-16-67(71)68-17-7-11-21-72(68)74/h1-48H. The number of para-hydroxylation sites is 4. The predicted octanol–water partition coefficient (Wildman–Crippen LogP) is 19.5. The number of rotatable bonds is 9. The number of aromatic nitrogens is 2. The monoisotopic (exact) mass is 940 g/mol. The van der Waals surface area contributed by atoms with Crippen molar-refractivity contribution < 1.29 is 0 Å². The van der Waals surface area contributed by atoms with E-state index in [9.17, 15) is 0 Å². The van der Waals surface area contributed by atoms with Crippen molar-refractivity contribution >= 4 is 43.6 Å². The summed E-state index contributed by atoms with van der Waals surface area (Å²) in [6.45, 7) is 0. The van der Waals surface area contributed by atoms with Gasteiger partial charge in [0.05, 0.1) is 22.1 Å². The highest BCUT2D eigenvalue weighted by atomic mass is 15.0. The Morgan fingerprint density at radius 1 is 0.149 bits per heavy atom. The van der Waals surface area contributed by atoms with Gasteiger partial charge in [-0.3, -0.25) is 0 Å². The molecule has 0 fully saturated rings. The Hall–Kier alpha value is -9.76. The van der Waals surface area contributed by atoms with Crippen molar-refractivity contribution in [2.75, 3.05) is 0 Å². The summed E-state index contributed by atoms with van der Waals surface area (Å²) in [5, 5.41) is 5.10. The van der Waals surface area contributed by atoms with Gasteiger partial charge in [-0.1, -0.05) is 224 Å². The maximum Gasteiger partial charge on any atom is 0.0541 e. The van der Waals surface area contributed by atoms with E-state index in [0.717, 1.165) is 11.4 Å². The van der Waals surface area contributed by atoms with Gasteiger partial charge in [-0.05, 0) is 145 Å². The molecule has 2 heteroatoms. The molecule has 2 nitrogen and oxygen atoms in total. The molecule has 2 aromatic heterocycles. The van der Waals surface area contributed by atoms with Gasteiger partial charge in [0.15, 0.2) is 0 Å². The van der Waals surface area contributed by atoms with Gasteiger partial charge in [0.1, 0.15) is 0 Å². The van der Waals surface area contributed by atoms with Crippen molar-refractivity contribution in [3.8, 4) is 89.3 Å². The molecule has 2 heterocycles. The number of fused-ring (bicyclic) bond motifs is 6. The van der Waals surface area contributed by atoms with Gasteiger partial charge in [0.25, 0.3) is 0 Å². The van der Waals surface area contributed by atoms with Gasteiger partial charge >= 0.3 is 0 Å². The first kappa shape index (κ1) is 43.1. The second kappa shape index (κ2) is 18.1. The lowest BCUT2D eigenvalue weighted by Crippen LogP contribution is -1.93. The summed E-state index contributed by atoms with van der Waals surface area (Å²) >= 11 is 0. The van der Waals surface area contributed by atoms with Crippen LogP contribution in [0.2, 0.25) is 0 Å². The molecule has 0 radical (unpaired) electrons. The highest BCUT2D eigenvalue weighted by molar-refractivity contribution is 6.10. The zero-order valence-corrected chi connectivity index (χ0v) is 40.6. The van der Waals surface area contributed by atoms with E-state index in [0.29, 0.717) is 0 Å². The molecule has 0 aliphatic heterocycles. The fourth-order valence-electron chi connectivity index (χ4n) is 11.2. The molecule has 0 aliphatic carbocycles. The molecule has 14 rings (SSSR count). The average Bonchev–Trinajstić information content (AvgIpc) is 4.02. The molecule has 0 bridgehead atoms. The molecular weight excluding hydrogens is 893 g/mol. The van der Waals surface area contributed by atoms with Crippen molar-refractivity contribution in [1.29, 1.82) is 0 Å². The first-order valence-corrected chi connectivity index (χ1v) is 25.5. The summed E-state index contributed by atoms with van der Waals surface area (Å²) in [6, 6.07) is 106. The molecule has 346 valence electrons. The van der Waals surface area contributed by atoms with Crippen molar-refractivity contribution in [2.45, 2.75) is 0 Å². The quantitative estimate of drug-likeness (QED) is 0.136. The predicted molar refractivity (Wildman–Crippen MR) is 313 cm³/mol. The minimum absolute atomic E-state index is 1.16. The van der Waals surface area contributed by atoms with Crippen molar-refractivity contribution in [3.05, 3.63) is 291 Å². The van der Waals surface area contributed by atoms with Gasteiger partial charge in [-0.2, -0.15) is 0 Å². The maximum atomic E-state index is 2.37. The lowest BCUT2D eigenvalue weighted by molar-refractivity contribution is 1.18. The molecule has 0 unspecified atom stereocenters. The number of benzene rings is 12. The SMILES string of the molecule is c1ccc(-c2cc(-c3ccc(-c4ccc(-c5ccc(-n6c7ccccc7c7ccccc76)cc5)cc4)cc3)cc(-c3ccc(-c4ccc(-c5ccc(-n6c7ccccc7c7ccccc76)cc5)cc4)cc3)c2)cc1. The normalized spacial score (nSPS) is 11.5. The van der Waals surface area contributed by atoms with Crippen LogP contribution >= 0.6 is 0 Å². The fraction of sp³-hybridized carbons (Fsp3) is 0. The van der Waals surface area contributed by atoms with Gasteiger partial charge in [-0.25, -0.2) is 0 Å². The van der Waals surface area contributed by atoms with E-state index in [1.54, 1.807) is 0 Å². The van der Waals surface area contributed by atoms with Crippen LogP contribution in [-0.2, 0) is 0 Å². The smallest absolute Gasteiger partial charge is 0.0541 e. The fourth-order valence-corrected chi connectivity index (χ4v) is 11.2. The molecule has 0 aliphatic rings. The Kier molecular flexibility index (Phi) is 10.6. The first-order chi connectivity index (χ1) is 36.7. The van der Waals surface area contributed by atoms with Gasteiger partial charge in [-0.15, -0.1) is 0 Å². The summed E-state index contributed by atoms with van der Waals surface area (Å²) < 4.78 is 4.73. The Labute approximate surface area is 431 Å². The van der Waals surface area contributed by atoms with Crippen molar-refractivity contribution in [1.82, 2.24) is 9.13 Å². The highest BCUT2D eigenvalue weighted by Gasteiger charge is 2.15. The van der Waals surface area contributed by atoms with E-state index in [2.05, 4.69) is 300 Å². The van der Waals surface area contributed by atoms with Gasteiger partial charge in [0.2, 0.25) is 0 Å². The van der Waals surface area contributed by atoms with Crippen LogP contribution in [0.4, 0.5) is 0 Å². The molecule has 12 aromatic carbocycles. The van der Waals surface area contributed by atoms with Crippen molar-refractivity contribution in [2.24, 2.45) is 0 Å². The molecule has 74 heavy (non-hydrogen) atoms. The summed E-state index contributed by atoms with van der Waals surface area (Å²) in [6.07, 6.45) is 0. The van der Waals surface area contributed by atoms with Crippen LogP contribution in [0.15, 0.2) is 291 Å². The van der Waals surface area contributed by atoms with Crippen LogP contribution in [0.25, 0.3) is 133 Å². The Morgan fingerprint density at radius 2 is 0.338 bits per heavy atom. The molecule has 0 spiro atoms. The van der Waals surface area contributed by atoms with E-state index >= 15 is 0 Å². The van der Waals surface area contributed by atoms with E-state index in [1.807, 2.05) is 0 Å². The van der Waals surface area contributed by atoms with Crippen LogP contribution in [0.1, 0.15) is 0 Å². The number of hydrogen-bond acceptors (Lipinski definition) is 0. The van der Waals surface area contributed by atoms with E-state index < -0.39 is 0 Å². The summed E-state index contributed by atoms with van der Waals surface area (Å²) in [5.41, 5.74) is 23.9. The maximum absolute atomic E-state index is 2.37. The third kappa shape index (κ3) is 7.69. The summed E-state index contributed by atoms with van der Waals surface area (Å²) in [5.74, 6) is 0.